The second-order valence-corrected chi connectivity index (χ2v) is 10.2. The third-order valence-corrected chi connectivity index (χ3v) is 7.74. The lowest BCUT2D eigenvalue weighted by Crippen LogP contribution is -2.25. The lowest BCUT2D eigenvalue weighted by molar-refractivity contribution is 0.0727. The van der Waals surface area contributed by atoms with Crippen LogP contribution in [0, 0.1) is 23.5 Å². The van der Waals surface area contributed by atoms with Gasteiger partial charge in [0.25, 0.3) is 0 Å². The molecule has 0 heterocycles. The summed E-state index contributed by atoms with van der Waals surface area (Å²) in [4.78, 5) is 0. The van der Waals surface area contributed by atoms with Gasteiger partial charge in [0.05, 0.1) is 25.2 Å². The molecule has 0 spiro atoms. The average Bonchev–Trinajstić information content (AvgIpc) is 2.93. The van der Waals surface area contributed by atoms with Gasteiger partial charge in [-0.15, -0.1) is 0 Å². The smallest absolute Gasteiger partial charge is 0.196 e. The predicted octanol–water partition coefficient (Wildman–Crippen LogP) is 8.54. The van der Waals surface area contributed by atoms with Gasteiger partial charge in [-0.1, -0.05) is 37.6 Å². The zero-order chi connectivity index (χ0) is 27.2. The normalized spacial score (nSPS) is 22.7. The first-order valence-electron chi connectivity index (χ1n) is 13.6. The topological polar surface area (TPSA) is 38.7 Å². The van der Waals surface area contributed by atoms with Crippen LogP contribution in [-0.2, 0) is 4.74 Å². The Bertz CT molecular complexity index is 1150. The van der Waals surface area contributed by atoms with E-state index in [0.29, 0.717) is 16.9 Å². The van der Waals surface area contributed by atoms with Crippen molar-refractivity contribution in [2.75, 3.05) is 13.2 Å². The van der Waals surface area contributed by atoms with Gasteiger partial charge in [-0.3, -0.25) is 0 Å². The molecular formula is C31H36F4O3. The van der Waals surface area contributed by atoms with E-state index < -0.39 is 29.2 Å². The quantitative estimate of drug-likeness (QED) is 0.312. The highest BCUT2D eigenvalue weighted by atomic mass is 19.2. The second-order valence-electron chi connectivity index (χ2n) is 10.2. The number of hydrogen-bond donors (Lipinski definition) is 1. The van der Waals surface area contributed by atoms with Crippen molar-refractivity contribution >= 4 is 0 Å². The monoisotopic (exact) mass is 532 g/mol. The molecule has 0 amide bonds. The van der Waals surface area contributed by atoms with Crippen LogP contribution >= 0.6 is 0 Å². The SMILES string of the molecule is CCCC(O)C1CCC(c2ccc(-c3ccc(OCC4CC=C(OCC)C(F)=C4F)cc3)c(F)c2F)CC1. The lowest BCUT2D eigenvalue weighted by atomic mass is 9.75. The largest absolute Gasteiger partial charge is 0.493 e. The molecule has 2 aromatic carbocycles. The van der Waals surface area contributed by atoms with Crippen LogP contribution in [0.4, 0.5) is 17.6 Å². The van der Waals surface area contributed by atoms with Crippen LogP contribution in [0.15, 0.2) is 59.9 Å². The summed E-state index contributed by atoms with van der Waals surface area (Å²) < 4.78 is 69.5. The molecule has 2 aliphatic rings. The molecule has 0 aliphatic heterocycles. The molecule has 2 atom stereocenters. The average molecular weight is 533 g/mol. The van der Waals surface area contributed by atoms with Gasteiger partial charge in [0.2, 0.25) is 0 Å². The molecule has 1 saturated carbocycles. The van der Waals surface area contributed by atoms with E-state index in [4.69, 9.17) is 9.47 Å². The Kier molecular flexibility index (Phi) is 9.53. The number of allylic oxidation sites excluding steroid dienone is 2. The Morgan fingerprint density at radius 3 is 2.26 bits per heavy atom. The number of benzene rings is 2. The molecule has 0 radical (unpaired) electrons. The summed E-state index contributed by atoms with van der Waals surface area (Å²) in [5.41, 5.74) is 1.04. The van der Waals surface area contributed by atoms with Gasteiger partial charge in [0, 0.05) is 5.56 Å². The molecule has 2 aliphatic carbocycles. The van der Waals surface area contributed by atoms with E-state index in [1.54, 1.807) is 43.3 Å². The molecule has 7 heteroatoms. The van der Waals surface area contributed by atoms with Crippen LogP contribution in [0.2, 0.25) is 0 Å². The summed E-state index contributed by atoms with van der Waals surface area (Å²) in [6, 6.07) is 9.72. The van der Waals surface area contributed by atoms with E-state index in [1.807, 2.05) is 6.92 Å². The Morgan fingerprint density at radius 1 is 0.895 bits per heavy atom. The fraction of sp³-hybridized carbons (Fsp3) is 0.484. The fourth-order valence-electron chi connectivity index (χ4n) is 5.53. The highest BCUT2D eigenvalue weighted by molar-refractivity contribution is 5.65. The fourth-order valence-corrected chi connectivity index (χ4v) is 5.53. The minimum atomic E-state index is -0.995. The molecule has 0 aromatic heterocycles. The molecule has 2 aromatic rings. The van der Waals surface area contributed by atoms with E-state index in [2.05, 4.69) is 0 Å². The number of hydrogen-bond acceptors (Lipinski definition) is 3. The molecular weight excluding hydrogens is 496 g/mol. The Labute approximate surface area is 222 Å². The van der Waals surface area contributed by atoms with Crippen molar-refractivity contribution in [1.29, 1.82) is 0 Å². The maximum absolute atomic E-state index is 15.1. The molecule has 4 rings (SSSR count). The van der Waals surface area contributed by atoms with Crippen molar-refractivity contribution in [1.82, 2.24) is 0 Å². The van der Waals surface area contributed by atoms with Gasteiger partial charge in [0.1, 0.15) is 11.6 Å². The maximum atomic E-state index is 15.1. The van der Waals surface area contributed by atoms with Crippen LogP contribution in [0.1, 0.15) is 70.3 Å². The van der Waals surface area contributed by atoms with E-state index in [1.165, 1.54) is 6.08 Å². The zero-order valence-electron chi connectivity index (χ0n) is 22.0. The summed E-state index contributed by atoms with van der Waals surface area (Å²) in [5, 5.41) is 10.3. The standard InChI is InChI=1S/C31H36F4O3/c1-3-5-26(36)21-8-6-19(7-9-21)24-15-16-25(30(34)29(24)33)20-10-13-23(14-11-20)38-18-22-12-17-27(37-4-2)31(35)28(22)32/h10-11,13-17,19,21-22,26,36H,3-9,12,18H2,1-2H3. The Morgan fingerprint density at radius 2 is 1.61 bits per heavy atom. The molecule has 1 fully saturated rings. The van der Waals surface area contributed by atoms with Crippen molar-refractivity contribution in [3.63, 3.8) is 0 Å². The van der Waals surface area contributed by atoms with Gasteiger partial charge in [-0.2, -0.15) is 0 Å². The molecule has 38 heavy (non-hydrogen) atoms. The molecule has 3 nitrogen and oxygen atoms in total. The van der Waals surface area contributed by atoms with Crippen molar-refractivity contribution in [2.45, 2.75) is 70.8 Å². The second kappa shape index (κ2) is 12.8. The summed E-state index contributed by atoms with van der Waals surface area (Å²) >= 11 is 0. The third-order valence-electron chi connectivity index (χ3n) is 7.74. The number of aliphatic hydroxyl groups is 1. The predicted molar refractivity (Wildman–Crippen MR) is 140 cm³/mol. The first-order valence-corrected chi connectivity index (χ1v) is 13.6. The van der Waals surface area contributed by atoms with Gasteiger partial charge in [-0.25, -0.2) is 17.6 Å². The van der Waals surface area contributed by atoms with Crippen LogP contribution in [0.5, 0.6) is 5.75 Å². The first kappa shape index (κ1) is 28.2. The number of halogens is 4. The minimum Gasteiger partial charge on any atom is -0.493 e. The van der Waals surface area contributed by atoms with E-state index in [-0.39, 0.29) is 48.9 Å². The van der Waals surface area contributed by atoms with E-state index in [0.717, 1.165) is 38.5 Å². The summed E-state index contributed by atoms with van der Waals surface area (Å²) in [7, 11) is 0. The summed E-state index contributed by atoms with van der Waals surface area (Å²) in [6.07, 6.45) is 6.25. The van der Waals surface area contributed by atoms with Crippen molar-refractivity contribution in [2.24, 2.45) is 11.8 Å². The molecule has 1 N–H and O–H groups in total. The number of ether oxygens (including phenoxy) is 2. The summed E-state index contributed by atoms with van der Waals surface area (Å²) in [6.45, 7) is 3.93. The van der Waals surface area contributed by atoms with E-state index in [9.17, 15) is 13.9 Å². The summed E-state index contributed by atoms with van der Waals surface area (Å²) in [5.74, 6) is -3.84. The first-order chi connectivity index (χ1) is 18.3. The number of rotatable bonds is 10. The van der Waals surface area contributed by atoms with Gasteiger partial charge >= 0.3 is 0 Å². The molecule has 206 valence electrons. The van der Waals surface area contributed by atoms with Crippen LogP contribution in [0.3, 0.4) is 0 Å². The van der Waals surface area contributed by atoms with Crippen molar-refractivity contribution in [3.05, 3.63) is 77.1 Å². The van der Waals surface area contributed by atoms with E-state index >= 15 is 8.78 Å². The van der Waals surface area contributed by atoms with Crippen molar-refractivity contribution in [3.8, 4) is 16.9 Å². The highest BCUT2D eigenvalue weighted by Crippen LogP contribution is 2.40. The Balaban J connectivity index is 1.38. The lowest BCUT2D eigenvalue weighted by Gasteiger charge is -2.32. The third kappa shape index (κ3) is 6.25. The molecule has 0 bridgehead atoms. The van der Waals surface area contributed by atoms with Gasteiger partial charge in [-0.05, 0) is 86.6 Å². The van der Waals surface area contributed by atoms with Gasteiger partial charge < -0.3 is 14.6 Å². The Hall–Kier alpha value is -2.80. The maximum Gasteiger partial charge on any atom is 0.196 e. The highest BCUT2D eigenvalue weighted by Gasteiger charge is 2.30. The van der Waals surface area contributed by atoms with Gasteiger partial charge in [0.15, 0.2) is 23.2 Å². The van der Waals surface area contributed by atoms with Crippen LogP contribution in [0.25, 0.3) is 11.1 Å². The number of aliphatic hydroxyl groups excluding tert-OH is 1. The molecule has 0 saturated heterocycles. The van der Waals surface area contributed by atoms with Crippen LogP contribution < -0.4 is 4.74 Å². The minimum absolute atomic E-state index is 0.0575. The molecule has 2 unspecified atom stereocenters. The van der Waals surface area contributed by atoms with Crippen LogP contribution in [-0.4, -0.2) is 24.4 Å². The zero-order valence-corrected chi connectivity index (χ0v) is 22.0. The van der Waals surface area contributed by atoms with Crippen molar-refractivity contribution < 1.29 is 32.1 Å².